The molecule has 2 aliphatic rings. The average Bonchev–Trinajstić information content (AvgIpc) is 2.91. The van der Waals surface area contributed by atoms with Crippen LogP contribution in [-0.4, -0.2) is 33.6 Å². The highest BCUT2D eigenvalue weighted by molar-refractivity contribution is 6.05. The molecular weight excluding hydrogens is 320 g/mol. The molecule has 7 heteroatoms. The van der Waals surface area contributed by atoms with E-state index in [0.29, 0.717) is 24.3 Å². The van der Waals surface area contributed by atoms with Crippen molar-refractivity contribution in [1.82, 2.24) is 15.2 Å². The normalized spacial score (nSPS) is 19.8. The van der Waals surface area contributed by atoms with Crippen LogP contribution < -0.4 is 11.1 Å². The number of aromatic nitrogens is 1. The topological polar surface area (TPSA) is 105 Å². The molecule has 126 valence electrons. The minimum Gasteiger partial charge on any atom is -0.384 e. The van der Waals surface area contributed by atoms with Gasteiger partial charge in [-0.15, -0.1) is 0 Å². The Morgan fingerprint density at radius 1 is 1.16 bits per heavy atom. The summed E-state index contributed by atoms with van der Waals surface area (Å²) in [6, 6.07) is 10.3. The van der Waals surface area contributed by atoms with Gasteiger partial charge in [0.1, 0.15) is 11.9 Å². The number of nitrogen functional groups attached to an aromatic ring is 1. The number of benzene rings is 1. The van der Waals surface area contributed by atoms with Crippen LogP contribution in [0.5, 0.6) is 0 Å². The zero-order valence-corrected chi connectivity index (χ0v) is 13.4. The molecule has 1 aromatic heterocycles. The van der Waals surface area contributed by atoms with Crippen LogP contribution >= 0.6 is 0 Å². The maximum Gasteiger partial charge on any atom is 0.255 e. The third kappa shape index (κ3) is 2.63. The molecule has 0 saturated carbocycles. The van der Waals surface area contributed by atoms with E-state index in [1.54, 1.807) is 12.1 Å². The lowest BCUT2D eigenvalue weighted by Crippen LogP contribution is -2.52. The van der Waals surface area contributed by atoms with Crippen molar-refractivity contribution in [3.63, 3.8) is 0 Å². The number of rotatable bonds is 2. The lowest BCUT2D eigenvalue weighted by molar-refractivity contribution is -0.136. The Labute approximate surface area is 143 Å². The summed E-state index contributed by atoms with van der Waals surface area (Å²) in [5.74, 6) is -0.452. The van der Waals surface area contributed by atoms with E-state index in [0.717, 1.165) is 16.8 Å². The average molecular weight is 336 g/mol. The Bertz CT molecular complexity index is 909. The van der Waals surface area contributed by atoms with E-state index in [4.69, 9.17) is 5.73 Å². The van der Waals surface area contributed by atoms with Gasteiger partial charge in [0, 0.05) is 24.1 Å². The Morgan fingerprint density at radius 3 is 2.76 bits per heavy atom. The van der Waals surface area contributed by atoms with Crippen molar-refractivity contribution in [2.24, 2.45) is 0 Å². The highest BCUT2D eigenvalue weighted by Crippen LogP contribution is 2.30. The molecule has 1 aromatic carbocycles. The molecule has 4 rings (SSSR count). The summed E-state index contributed by atoms with van der Waals surface area (Å²) in [5.41, 5.74) is 8.75. The highest BCUT2D eigenvalue weighted by atomic mass is 16.2. The van der Waals surface area contributed by atoms with E-state index >= 15 is 0 Å². The second-order valence-electron chi connectivity index (χ2n) is 6.22. The molecule has 3 amide bonds. The van der Waals surface area contributed by atoms with Gasteiger partial charge in [0.15, 0.2) is 0 Å². The SMILES string of the molecule is Nc1cccc(-c2ccc3c(c2)CN(C2CCC(=O)NC2=O)C3=O)n1. The van der Waals surface area contributed by atoms with Gasteiger partial charge in [0.2, 0.25) is 11.8 Å². The van der Waals surface area contributed by atoms with Gasteiger partial charge in [-0.05, 0) is 36.2 Å². The zero-order chi connectivity index (χ0) is 17.6. The number of piperidine rings is 1. The van der Waals surface area contributed by atoms with Gasteiger partial charge >= 0.3 is 0 Å². The van der Waals surface area contributed by atoms with E-state index in [2.05, 4.69) is 10.3 Å². The van der Waals surface area contributed by atoms with E-state index in [1.165, 1.54) is 4.90 Å². The predicted molar refractivity (Wildman–Crippen MR) is 90.1 cm³/mol. The van der Waals surface area contributed by atoms with E-state index in [9.17, 15) is 14.4 Å². The molecule has 1 atom stereocenters. The van der Waals surface area contributed by atoms with Crippen LogP contribution in [0.1, 0.15) is 28.8 Å². The fraction of sp³-hybridized carbons (Fsp3) is 0.222. The number of carbonyl (C=O) groups is 3. The second kappa shape index (κ2) is 5.70. The maximum atomic E-state index is 12.7. The number of carbonyl (C=O) groups excluding carboxylic acids is 3. The Morgan fingerprint density at radius 2 is 2.00 bits per heavy atom. The second-order valence-corrected chi connectivity index (χ2v) is 6.22. The molecule has 3 N–H and O–H groups in total. The minimum absolute atomic E-state index is 0.184. The molecule has 3 heterocycles. The van der Waals surface area contributed by atoms with Gasteiger partial charge in [0.05, 0.1) is 5.69 Å². The molecule has 2 aromatic rings. The number of hydrogen-bond acceptors (Lipinski definition) is 5. The monoisotopic (exact) mass is 336 g/mol. The number of imide groups is 1. The first-order chi connectivity index (χ1) is 12.0. The molecule has 1 saturated heterocycles. The van der Waals surface area contributed by atoms with Crippen LogP contribution in [0.25, 0.3) is 11.3 Å². The standard InChI is InChI=1S/C18H16N4O3/c19-15-3-1-2-13(20-15)10-4-5-12-11(8-10)9-22(18(12)25)14-6-7-16(23)21-17(14)24/h1-5,8,14H,6-7,9H2,(H2,19,20)(H,21,23,24). The smallest absolute Gasteiger partial charge is 0.255 e. The minimum atomic E-state index is -0.605. The number of nitrogens with two attached hydrogens (primary N) is 1. The number of nitrogens with zero attached hydrogens (tertiary/aromatic N) is 2. The van der Waals surface area contributed by atoms with E-state index in [-0.39, 0.29) is 18.2 Å². The third-order valence-electron chi connectivity index (χ3n) is 4.59. The number of amides is 3. The summed E-state index contributed by atoms with van der Waals surface area (Å²) in [5, 5.41) is 2.30. The summed E-state index contributed by atoms with van der Waals surface area (Å²) < 4.78 is 0. The van der Waals surface area contributed by atoms with Crippen LogP contribution in [0.15, 0.2) is 36.4 Å². The zero-order valence-electron chi connectivity index (χ0n) is 13.4. The van der Waals surface area contributed by atoms with Crippen molar-refractivity contribution in [2.45, 2.75) is 25.4 Å². The molecule has 0 radical (unpaired) electrons. The van der Waals surface area contributed by atoms with Crippen molar-refractivity contribution in [2.75, 3.05) is 5.73 Å². The lowest BCUT2D eigenvalue weighted by atomic mass is 10.0. The molecule has 0 aliphatic carbocycles. The van der Waals surface area contributed by atoms with Crippen LogP contribution in [0.2, 0.25) is 0 Å². The highest BCUT2D eigenvalue weighted by Gasteiger charge is 2.39. The maximum absolute atomic E-state index is 12.7. The molecular formula is C18H16N4O3. The Kier molecular flexibility index (Phi) is 3.49. The van der Waals surface area contributed by atoms with Crippen molar-refractivity contribution >= 4 is 23.5 Å². The molecule has 0 spiro atoms. The Balaban J connectivity index is 1.63. The van der Waals surface area contributed by atoms with E-state index < -0.39 is 11.9 Å². The van der Waals surface area contributed by atoms with Gasteiger partial charge in [-0.1, -0.05) is 12.1 Å². The third-order valence-corrected chi connectivity index (χ3v) is 4.59. The van der Waals surface area contributed by atoms with Gasteiger partial charge in [-0.25, -0.2) is 4.98 Å². The molecule has 1 unspecified atom stereocenters. The van der Waals surface area contributed by atoms with Crippen LogP contribution in [0.3, 0.4) is 0 Å². The van der Waals surface area contributed by atoms with Crippen LogP contribution in [0.4, 0.5) is 5.82 Å². The number of anilines is 1. The molecule has 2 aliphatic heterocycles. The van der Waals surface area contributed by atoms with Crippen LogP contribution in [0, 0.1) is 0 Å². The quantitative estimate of drug-likeness (QED) is 0.799. The van der Waals surface area contributed by atoms with Crippen molar-refractivity contribution < 1.29 is 14.4 Å². The summed E-state index contributed by atoms with van der Waals surface area (Å²) >= 11 is 0. The fourth-order valence-corrected chi connectivity index (χ4v) is 3.35. The number of fused-ring (bicyclic) bond motifs is 1. The Hall–Kier alpha value is -3.22. The largest absolute Gasteiger partial charge is 0.384 e. The van der Waals surface area contributed by atoms with Crippen molar-refractivity contribution in [3.8, 4) is 11.3 Å². The van der Waals surface area contributed by atoms with Gasteiger partial charge in [-0.3, -0.25) is 19.7 Å². The summed E-state index contributed by atoms with van der Waals surface area (Å²) in [6.07, 6.45) is 0.600. The summed E-state index contributed by atoms with van der Waals surface area (Å²) in [4.78, 5) is 41.9. The molecule has 25 heavy (non-hydrogen) atoms. The predicted octanol–water partition coefficient (Wildman–Crippen LogP) is 1.09. The molecule has 7 nitrogen and oxygen atoms in total. The number of pyridine rings is 1. The van der Waals surface area contributed by atoms with E-state index in [1.807, 2.05) is 24.3 Å². The first kappa shape index (κ1) is 15.3. The first-order valence-corrected chi connectivity index (χ1v) is 8.03. The lowest BCUT2D eigenvalue weighted by Gasteiger charge is -2.29. The van der Waals surface area contributed by atoms with Gasteiger partial charge in [-0.2, -0.15) is 0 Å². The van der Waals surface area contributed by atoms with Gasteiger partial charge in [0.25, 0.3) is 5.91 Å². The first-order valence-electron chi connectivity index (χ1n) is 8.03. The van der Waals surface area contributed by atoms with Crippen molar-refractivity contribution in [1.29, 1.82) is 0 Å². The summed E-state index contributed by atoms with van der Waals surface area (Å²) in [7, 11) is 0. The van der Waals surface area contributed by atoms with Crippen LogP contribution in [-0.2, 0) is 16.1 Å². The number of nitrogens with one attached hydrogen (secondary N) is 1. The summed E-state index contributed by atoms with van der Waals surface area (Å²) in [6.45, 7) is 0.344. The molecule has 0 bridgehead atoms. The van der Waals surface area contributed by atoms with Crippen molar-refractivity contribution in [3.05, 3.63) is 47.5 Å². The molecule has 1 fully saturated rings. The van der Waals surface area contributed by atoms with Gasteiger partial charge < -0.3 is 10.6 Å². The number of hydrogen-bond donors (Lipinski definition) is 2. The fourth-order valence-electron chi connectivity index (χ4n) is 3.35.